The molecule has 0 aliphatic heterocycles. The first-order valence-corrected chi connectivity index (χ1v) is 7.22. The highest BCUT2D eigenvalue weighted by atomic mass is 16.5. The van der Waals surface area contributed by atoms with Crippen LogP contribution in [0.2, 0.25) is 0 Å². The van der Waals surface area contributed by atoms with Crippen LogP contribution in [-0.2, 0) is 13.2 Å². The first-order valence-electron chi connectivity index (χ1n) is 7.22. The van der Waals surface area contributed by atoms with Gasteiger partial charge in [0.05, 0.1) is 11.2 Å². The monoisotopic (exact) mass is 281 g/mol. The molecule has 0 bridgehead atoms. The number of para-hydroxylation sites is 1. The standard InChI is InChI=1S/C17H19N3O/c1-2-18-12-15-16-10-6-7-11-20(16)17(19-15)13-21-14-8-4-3-5-9-14/h3-11,18H,2,12-13H2,1H3. The number of benzene rings is 1. The Hall–Kier alpha value is -2.33. The van der Waals surface area contributed by atoms with Crippen LogP contribution in [-0.4, -0.2) is 15.9 Å². The molecule has 108 valence electrons. The maximum absolute atomic E-state index is 5.81. The zero-order chi connectivity index (χ0) is 14.5. The number of hydrogen-bond donors (Lipinski definition) is 1. The van der Waals surface area contributed by atoms with Gasteiger partial charge in [-0.1, -0.05) is 31.2 Å². The van der Waals surface area contributed by atoms with Gasteiger partial charge in [0.2, 0.25) is 0 Å². The van der Waals surface area contributed by atoms with Crippen LogP contribution in [0.1, 0.15) is 18.4 Å². The number of nitrogens with one attached hydrogen (secondary N) is 1. The summed E-state index contributed by atoms with van der Waals surface area (Å²) in [6, 6.07) is 16.0. The average molecular weight is 281 g/mol. The van der Waals surface area contributed by atoms with Crippen molar-refractivity contribution in [2.24, 2.45) is 0 Å². The molecule has 0 unspecified atom stereocenters. The molecular weight excluding hydrogens is 262 g/mol. The number of pyridine rings is 1. The van der Waals surface area contributed by atoms with Gasteiger partial charge in [0.25, 0.3) is 0 Å². The van der Waals surface area contributed by atoms with Gasteiger partial charge < -0.3 is 14.5 Å². The first-order chi connectivity index (χ1) is 10.4. The Morgan fingerprint density at radius 3 is 2.71 bits per heavy atom. The van der Waals surface area contributed by atoms with E-state index in [2.05, 4.69) is 22.7 Å². The van der Waals surface area contributed by atoms with E-state index in [1.165, 1.54) is 0 Å². The van der Waals surface area contributed by atoms with Crippen molar-refractivity contribution in [2.75, 3.05) is 6.54 Å². The smallest absolute Gasteiger partial charge is 0.151 e. The van der Waals surface area contributed by atoms with Crippen LogP contribution >= 0.6 is 0 Å². The van der Waals surface area contributed by atoms with Gasteiger partial charge in [-0.3, -0.25) is 0 Å². The van der Waals surface area contributed by atoms with Crippen LogP contribution in [0.15, 0.2) is 54.7 Å². The fraction of sp³-hybridized carbons (Fsp3) is 0.235. The van der Waals surface area contributed by atoms with Crippen molar-refractivity contribution < 1.29 is 4.74 Å². The van der Waals surface area contributed by atoms with Crippen molar-refractivity contribution in [3.05, 3.63) is 66.2 Å². The van der Waals surface area contributed by atoms with Gasteiger partial charge in [-0.2, -0.15) is 0 Å². The zero-order valence-corrected chi connectivity index (χ0v) is 12.1. The first kappa shape index (κ1) is 13.6. The van der Waals surface area contributed by atoms with Crippen molar-refractivity contribution in [2.45, 2.75) is 20.1 Å². The summed E-state index contributed by atoms with van der Waals surface area (Å²) in [6.45, 7) is 4.26. The highest BCUT2D eigenvalue weighted by Crippen LogP contribution is 2.16. The maximum Gasteiger partial charge on any atom is 0.151 e. The van der Waals surface area contributed by atoms with Crippen molar-refractivity contribution in [1.29, 1.82) is 0 Å². The van der Waals surface area contributed by atoms with Crippen LogP contribution in [0.5, 0.6) is 5.75 Å². The Morgan fingerprint density at radius 1 is 1.10 bits per heavy atom. The molecule has 21 heavy (non-hydrogen) atoms. The lowest BCUT2D eigenvalue weighted by Gasteiger charge is -2.04. The molecule has 2 aromatic heterocycles. The van der Waals surface area contributed by atoms with Crippen LogP contribution in [0.3, 0.4) is 0 Å². The zero-order valence-electron chi connectivity index (χ0n) is 12.1. The molecule has 4 nitrogen and oxygen atoms in total. The second-order valence-electron chi connectivity index (χ2n) is 4.81. The molecule has 3 rings (SSSR count). The lowest BCUT2D eigenvalue weighted by Crippen LogP contribution is -2.12. The van der Waals surface area contributed by atoms with E-state index in [1.54, 1.807) is 0 Å². The van der Waals surface area contributed by atoms with Gasteiger partial charge in [0.15, 0.2) is 5.82 Å². The SMILES string of the molecule is CCNCc1nc(COc2ccccc2)n2ccccc12. The van der Waals surface area contributed by atoms with Crippen LogP contribution in [0, 0.1) is 0 Å². The number of imidazole rings is 1. The second kappa shape index (κ2) is 6.41. The molecule has 0 atom stereocenters. The third-order valence-electron chi connectivity index (χ3n) is 3.35. The summed E-state index contributed by atoms with van der Waals surface area (Å²) in [5.41, 5.74) is 2.19. The molecule has 0 aliphatic rings. The fourth-order valence-electron chi connectivity index (χ4n) is 2.31. The quantitative estimate of drug-likeness (QED) is 0.755. The summed E-state index contributed by atoms with van der Waals surface area (Å²) < 4.78 is 7.91. The van der Waals surface area contributed by atoms with Gasteiger partial charge in [-0.25, -0.2) is 4.98 Å². The molecule has 1 aromatic carbocycles. The molecule has 0 fully saturated rings. The molecular formula is C17H19N3O. The van der Waals surface area contributed by atoms with Crippen LogP contribution in [0.4, 0.5) is 0 Å². The normalized spacial score (nSPS) is 10.9. The Labute approximate surface area is 124 Å². The molecule has 0 saturated heterocycles. The Bertz CT molecular complexity index is 706. The van der Waals surface area contributed by atoms with Crippen molar-refractivity contribution in [3.8, 4) is 5.75 Å². The van der Waals surface area contributed by atoms with Gasteiger partial charge in [0, 0.05) is 12.7 Å². The number of nitrogens with zero attached hydrogens (tertiary/aromatic N) is 2. The maximum atomic E-state index is 5.81. The largest absolute Gasteiger partial charge is 0.486 e. The summed E-state index contributed by atoms with van der Waals surface area (Å²) in [5, 5.41) is 3.33. The van der Waals surface area contributed by atoms with Crippen molar-refractivity contribution in [1.82, 2.24) is 14.7 Å². The Morgan fingerprint density at radius 2 is 1.90 bits per heavy atom. The number of hydrogen-bond acceptors (Lipinski definition) is 3. The van der Waals surface area contributed by atoms with E-state index in [0.717, 1.165) is 35.9 Å². The number of rotatable bonds is 6. The lowest BCUT2D eigenvalue weighted by atomic mass is 10.3. The number of ether oxygens (including phenoxy) is 1. The molecule has 0 saturated carbocycles. The lowest BCUT2D eigenvalue weighted by molar-refractivity contribution is 0.295. The van der Waals surface area contributed by atoms with Crippen molar-refractivity contribution >= 4 is 5.52 Å². The average Bonchev–Trinajstić information content (AvgIpc) is 2.90. The summed E-state index contributed by atoms with van der Waals surface area (Å²) in [7, 11) is 0. The molecule has 0 spiro atoms. The molecule has 4 heteroatoms. The second-order valence-corrected chi connectivity index (χ2v) is 4.81. The van der Waals surface area contributed by atoms with E-state index in [-0.39, 0.29) is 0 Å². The van der Waals surface area contributed by atoms with E-state index >= 15 is 0 Å². The predicted octanol–water partition coefficient (Wildman–Crippen LogP) is 3.02. The molecule has 0 aliphatic carbocycles. The van der Waals surface area contributed by atoms with Gasteiger partial charge in [-0.15, -0.1) is 0 Å². The van der Waals surface area contributed by atoms with E-state index < -0.39 is 0 Å². The van der Waals surface area contributed by atoms with Crippen molar-refractivity contribution in [3.63, 3.8) is 0 Å². The summed E-state index contributed by atoms with van der Waals surface area (Å²) >= 11 is 0. The molecule has 0 amide bonds. The van der Waals surface area contributed by atoms with E-state index in [0.29, 0.717) is 6.61 Å². The highest BCUT2D eigenvalue weighted by Gasteiger charge is 2.10. The van der Waals surface area contributed by atoms with Gasteiger partial charge in [0.1, 0.15) is 12.4 Å². The van der Waals surface area contributed by atoms with Crippen LogP contribution in [0.25, 0.3) is 5.52 Å². The molecule has 0 radical (unpaired) electrons. The number of fused-ring (bicyclic) bond motifs is 1. The highest BCUT2D eigenvalue weighted by molar-refractivity contribution is 5.53. The van der Waals surface area contributed by atoms with Gasteiger partial charge in [-0.05, 0) is 30.8 Å². The number of aromatic nitrogens is 2. The molecule has 3 aromatic rings. The van der Waals surface area contributed by atoms with E-state index in [4.69, 9.17) is 9.72 Å². The summed E-state index contributed by atoms with van der Waals surface area (Å²) in [4.78, 5) is 4.72. The topological polar surface area (TPSA) is 38.6 Å². The van der Waals surface area contributed by atoms with E-state index in [9.17, 15) is 0 Å². The Balaban J connectivity index is 1.84. The summed E-state index contributed by atoms with van der Waals surface area (Å²) in [6.07, 6.45) is 2.03. The van der Waals surface area contributed by atoms with Crippen LogP contribution < -0.4 is 10.1 Å². The fourth-order valence-corrected chi connectivity index (χ4v) is 2.31. The third kappa shape index (κ3) is 3.06. The minimum absolute atomic E-state index is 0.460. The predicted molar refractivity (Wildman–Crippen MR) is 83.3 cm³/mol. The minimum atomic E-state index is 0.460. The van der Waals surface area contributed by atoms with Gasteiger partial charge >= 0.3 is 0 Å². The molecule has 2 heterocycles. The minimum Gasteiger partial charge on any atom is -0.486 e. The third-order valence-corrected chi connectivity index (χ3v) is 3.35. The van der Waals surface area contributed by atoms with E-state index in [1.807, 2.05) is 48.7 Å². The summed E-state index contributed by atoms with van der Waals surface area (Å²) in [5.74, 6) is 1.78. The molecule has 1 N–H and O–H groups in total. The Kier molecular flexibility index (Phi) is 4.17.